The smallest absolute Gasteiger partial charge is 0.377 e. The standard InChI is InChI=1S/C18H13ClF3N5O2S/c19-13-10(2-1-3-11(13)18(20,21)22)17(28)27-9-6-26-14(12(27)8-29-7-9)24-25-15(26)16-23-4-5-30-16/h1-5,9,12H,6-8H2/t9-,12-/m1/s1. The van der Waals surface area contributed by atoms with E-state index in [1.165, 1.54) is 28.4 Å². The third kappa shape index (κ3) is 2.99. The number of hydrogen-bond donors (Lipinski definition) is 0. The summed E-state index contributed by atoms with van der Waals surface area (Å²) in [5.74, 6) is 0.517. The molecule has 1 aromatic carbocycles. The lowest BCUT2D eigenvalue weighted by atomic mass is 10.0. The molecular formula is C18H13ClF3N5O2S. The van der Waals surface area contributed by atoms with E-state index < -0.39 is 34.8 Å². The Morgan fingerprint density at radius 3 is 2.83 bits per heavy atom. The van der Waals surface area contributed by atoms with Gasteiger partial charge in [0, 0.05) is 18.1 Å². The first-order valence-electron chi connectivity index (χ1n) is 8.95. The molecule has 1 amide bonds. The van der Waals surface area contributed by atoms with Crippen molar-refractivity contribution in [3.05, 3.63) is 51.7 Å². The number of amides is 1. The Bertz CT molecular complexity index is 1120. The maximum Gasteiger partial charge on any atom is 0.417 e. The molecule has 1 fully saturated rings. The molecule has 0 unspecified atom stereocenters. The van der Waals surface area contributed by atoms with E-state index in [9.17, 15) is 18.0 Å². The van der Waals surface area contributed by atoms with Crippen LogP contribution in [0.4, 0.5) is 13.2 Å². The molecule has 7 nitrogen and oxygen atoms in total. The molecule has 0 aliphatic carbocycles. The quantitative estimate of drug-likeness (QED) is 0.589. The summed E-state index contributed by atoms with van der Waals surface area (Å²) in [7, 11) is 0. The van der Waals surface area contributed by atoms with Crippen molar-refractivity contribution in [3.8, 4) is 10.8 Å². The number of aromatic nitrogens is 4. The molecule has 0 radical (unpaired) electrons. The van der Waals surface area contributed by atoms with Gasteiger partial charge in [-0.25, -0.2) is 4.98 Å². The molecule has 12 heteroatoms. The lowest BCUT2D eigenvalue weighted by molar-refractivity contribution is -0.137. The minimum absolute atomic E-state index is 0.162. The summed E-state index contributed by atoms with van der Waals surface area (Å²) in [6.07, 6.45) is -2.99. The first-order valence-corrected chi connectivity index (χ1v) is 10.2. The molecule has 2 aliphatic rings. The summed E-state index contributed by atoms with van der Waals surface area (Å²) in [5, 5.41) is 10.4. The summed E-state index contributed by atoms with van der Waals surface area (Å²) >= 11 is 7.42. The molecule has 4 heterocycles. The number of benzene rings is 1. The van der Waals surface area contributed by atoms with Crippen LogP contribution in [0.25, 0.3) is 10.8 Å². The van der Waals surface area contributed by atoms with Gasteiger partial charge in [0.2, 0.25) is 0 Å². The Morgan fingerprint density at radius 2 is 2.10 bits per heavy atom. The fraction of sp³-hybridized carbons (Fsp3) is 0.333. The number of hydrogen-bond acceptors (Lipinski definition) is 6. The number of nitrogens with zero attached hydrogens (tertiary/aromatic N) is 5. The van der Waals surface area contributed by atoms with Crippen molar-refractivity contribution in [2.45, 2.75) is 24.8 Å². The van der Waals surface area contributed by atoms with E-state index in [0.29, 0.717) is 23.2 Å². The average molecular weight is 456 g/mol. The van der Waals surface area contributed by atoms with Crippen LogP contribution in [0.15, 0.2) is 29.8 Å². The van der Waals surface area contributed by atoms with Crippen LogP contribution in [0, 0.1) is 0 Å². The summed E-state index contributed by atoms with van der Waals surface area (Å²) in [4.78, 5) is 19.1. The SMILES string of the molecule is O=C(c1cccc(C(F)(F)F)c1Cl)N1[C@H]2COC[C@@H]1c1nnc(-c3nccs3)n1C2. The van der Waals surface area contributed by atoms with E-state index in [2.05, 4.69) is 15.2 Å². The van der Waals surface area contributed by atoms with Crippen LogP contribution in [0.1, 0.15) is 27.8 Å². The van der Waals surface area contributed by atoms with Crippen molar-refractivity contribution >= 4 is 28.8 Å². The van der Waals surface area contributed by atoms with E-state index >= 15 is 0 Å². The number of ether oxygens (including phenoxy) is 1. The van der Waals surface area contributed by atoms with Crippen LogP contribution in [-0.4, -0.2) is 49.8 Å². The molecule has 3 aromatic rings. The predicted octanol–water partition coefficient (Wildman–Crippen LogP) is 3.67. The monoisotopic (exact) mass is 455 g/mol. The van der Waals surface area contributed by atoms with Gasteiger partial charge < -0.3 is 14.2 Å². The van der Waals surface area contributed by atoms with Crippen LogP contribution in [0.2, 0.25) is 5.02 Å². The van der Waals surface area contributed by atoms with Crippen LogP contribution < -0.4 is 0 Å². The van der Waals surface area contributed by atoms with Gasteiger partial charge >= 0.3 is 6.18 Å². The minimum Gasteiger partial charge on any atom is -0.377 e. The van der Waals surface area contributed by atoms with Crippen LogP contribution in [-0.2, 0) is 17.5 Å². The van der Waals surface area contributed by atoms with Gasteiger partial charge in [-0.3, -0.25) is 4.79 Å². The van der Waals surface area contributed by atoms with Crippen molar-refractivity contribution in [3.63, 3.8) is 0 Å². The van der Waals surface area contributed by atoms with Crippen molar-refractivity contribution in [1.29, 1.82) is 0 Å². The van der Waals surface area contributed by atoms with Gasteiger partial charge in [-0.1, -0.05) is 17.7 Å². The van der Waals surface area contributed by atoms with Crippen molar-refractivity contribution < 1.29 is 22.7 Å². The lowest BCUT2D eigenvalue weighted by Crippen LogP contribution is -2.56. The zero-order valence-electron chi connectivity index (χ0n) is 15.1. The van der Waals surface area contributed by atoms with Gasteiger partial charge in [-0.2, -0.15) is 13.2 Å². The maximum absolute atomic E-state index is 13.3. The average Bonchev–Trinajstić information content (AvgIpc) is 3.35. The van der Waals surface area contributed by atoms with Crippen molar-refractivity contribution in [1.82, 2.24) is 24.6 Å². The number of morpholine rings is 1. The highest BCUT2D eigenvalue weighted by Gasteiger charge is 2.45. The molecule has 0 saturated carbocycles. The third-order valence-corrected chi connectivity index (χ3v) is 6.35. The zero-order chi connectivity index (χ0) is 21.0. The number of carbonyl (C=O) groups excluding carboxylic acids is 1. The molecule has 30 heavy (non-hydrogen) atoms. The number of fused-ring (bicyclic) bond motifs is 4. The number of rotatable bonds is 2. The number of alkyl halides is 3. The minimum atomic E-state index is -4.66. The van der Waals surface area contributed by atoms with Gasteiger partial charge in [0.25, 0.3) is 5.91 Å². The van der Waals surface area contributed by atoms with Gasteiger partial charge in [-0.15, -0.1) is 21.5 Å². The molecule has 1 saturated heterocycles. The molecule has 5 rings (SSSR count). The van der Waals surface area contributed by atoms with Crippen molar-refractivity contribution in [2.24, 2.45) is 0 Å². The molecule has 2 bridgehead atoms. The lowest BCUT2D eigenvalue weighted by Gasteiger charge is -2.45. The fourth-order valence-electron chi connectivity index (χ4n) is 3.88. The maximum atomic E-state index is 13.3. The predicted molar refractivity (Wildman–Crippen MR) is 101 cm³/mol. The Hall–Kier alpha value is -2.50. The van der Waals surface area contributed by atoms with Crippen LogP contribution in [0.3, 0.4) is 0 Å². The van der Waals surface area contributed by atoms with Gasteiger partial charge in [-0.05, 0) is 12.1 Å². The fourth-order valence-corrected chi connectivity index (χ4v) is 4.82. The highest BCUT2D eigenvalue weighted by molar-refractivity contribution is 7.13. The summed E-state index contributed by atoms with van der Waals surface area (Å²) < 4.78 is 47.2. The summed E-state index contributed by atoms with van der Waals surface area (Å²) in [5.41, 5.74) is -1.24. The van der Waals surface area contributed by atoms with E-state index in [-0.39, 0.29) is 18.8 Å². The Labute approximate surface area is 177 Å². The number of thiazole rings is 1. The van der Waals surface area contributed by atoms with Gasteiger partial charge in [0.1, 0.15) is 6.04 Å². The second kappa shape index (κ2) is 7.03. The van der Waals surface area contributed by atoms with E-state index in [1.54, 1.807) is 6.20 Å². The van der Waals surface area contributed by atoms with E-state index in [4.69, 9.17) is 16.3 Å². The largest absolute Gasteiger partial charge is 0.417 e. The van der Waals surface area contributed by atoms with Gasteiger partial charge in [0.15, 0.2) is 16.7 Å². The molecule has 156 valence electrons. The Kier molecular flexibility index (Phi) is 4.56. The molecule has 0 spiro atoms. The molecule has 2 aliphatic heterocycles. The highest BCUT2D eigenvalue weighted by atomic mass is 35.5. The highest BCUT2D eigenvalue weighted by Crippen LogP contribution is 2.40. The number of halogens is 4. The first kappa shape index (κ1) is 19.5. The molecule has 2 atom stereocenters. The Morgan fingerprint density at radius 1 is 1.27 bits per heavy atom. The van der Waals surface area contributed by atoms with Crippen LogP contribution in [0.5, 0.6) is 0 Å². The zero-order valence-corrected chi connectivity index (χ0v) is 16.7. The molecule has 0 N–H and O–H groups in total. The summed E-state index contributed by atoms with van der Waals surface area (Å²) in [6, 6.07) is 2.36. The van der Waals surface area contributed by atoms with E-state index in [1.807, 2.05) is 9.95 Å². The topological polar surface area (TPSA) is 73.1 Å². The third-order valence-electron chi connectivity index (χ3n) is 5.18. The van der Waals surface area contributed by atoms with Gasteiger partial charge in [0.05, 0.1) is 35.4 Å². The van der Waals surface area contributed by atoms with Crippen molar-refractivity contribution in [2.75, 3.05) is 13.2 Å². The molecular weight excluding hydrogens is 443 g/mol. The number of carbonyl (C=O) groups is 1. The first-order chi connectivity index (χ1) is 14.4. The van der Waals surface area contributed by atoms with Crippen LogP contribution >= 0.6 is 22.9 Å². The van der Waals surface area contributed by atoms with E-state index in [0.717, 1.165) is 6.07 Å². The second-order valence-corrected chi connectivity index (χ2v) is 8.19. The Balaban J connectivity index is 1.55. The normalized spacial score (nSPS) is 20.9. The molecule has 2 aromatic heterocycles. The second-order valence-electron chi connectivity index (χ2n) is 6.91. The summed E-state index contributed by atoms with van der Waals surface area (Å²) in [6.45, 7) is 0.749.